The molecule has 0 spiro atoms. The molecule has 0 aliphatic carbocycles. The number of halogens is 3. The summed E-state index contributed by atoms with van der Waals surface area (Å²) in [4.78, 5) is 18.3. The summed E-state index contributed by atoms with van der Waals surface area (Å²) in [7, 11) is 1.37. The van der Waals surface area contributed by atoms with E-state index in [1.165, 1.54) is 13.1 Å². The monoisotopic (exact) mass is 376 g/mol. The number of fused-ring (bicyclic) bond motifs is 1. The van der Waals surface area contributed by atoms with Gasteiger partial charge in [0.05, 0.1) is 11.1 Å². The fraction of sp³-hybridized carbons (Fsp3) is 0.111. The number of nitrogens with zero attached hydrogens (tertiary/aromatic N) is 1. The van der Waals surface area contributed by atoms with Crippen LogP contribution in [0.1, 0.15) is 16.1 Å². The van der Waals surface area contributed by atoms with E-state index in [-0.39, 0.29) is 28.3 Å². The molecule has 0 aliphatic heterocycles. The van der Waals surface area contributed by atoms with Crippen LogP contribution in [0.4, 0.5) is 13.2 Å². The first-order valence-corrected chi connectivity index (χ1v) is 7.78. The predicted octanol–water partition coefficient (Wildman–Crippen LogP) is 3.65. The number of nitrogens with one attached hydrogen (secondary N) is 2. The molecule has 0 fully saturated rings. The smallest absolute Gasteiger partial charge is 0.417 e. The van der Waals surface area contributed by atoms with Crippen molar-refractivity contribution in [3.63, 3.8) is 0 Å². The number of hydrogen-bond acceptors (Lipinski definition) is 3. The van der Waals surface area contributed by atoms with E-state index in [9.17, 15) is 18.0 Å². The Labute approximate surface area is 151 Å². The summed E-state index contributed by atoms with van der Waals surface area (Å²) in [6.45, 7) is 0. The van der Waals surface area contributed by atoms with Gasteiger partial charge in [0.1, 0.15) is 17.2 Å². The number of guanidine groups is 1. The third-order valence-corrected chi connectivity index (χ3v) is 3.72. The van der Waals surface area contributed by atoms with Crippen LogP contribution in [0.2, 0.25) is 0 Å². The lowest BCUT2D eigenvalue weighted by molar-refractivity contribution is -0.136. The maximum atomic E-state index is 13.5. The number of amides is 1. The van der Waals surface area contributed by atoms with Gasteiger partial charge in [0, 0.05) is 18.5 Å². The first kappa shape index (κ1) is 18.3. The van der Waals surface area contributed by atoms with Gasteiger partial charge in [0.25, 0.3) is 5.91 Å². The molecular weight excluding hydrogens is 361 g/mol. The molecule has 140 valence electrons. The largest absolute Gasteiger partial charge is 0.457 e. The van der Waals surface area contributed by atoms with Crippen LogP contribution >= 0.6 is 0 Å². The number of ether oxygens (including phenoxy) is 1. The summed E-state index contributed by atoms with van der Waals surface area (Å²) < 4.78 is 46.0. The number of carbonyl (C=O) groups excluding carboxylic acids is 1. The van der Waals surface area contributed by atoms with E-state index in [1.807, 2.05) is 0 Å². The number of carbonyl (C=O) groups is 1. The Morgan fingerprint density at radius 3 is 2.48 bits per heavy atom. The van der Waals surface area contributed by atoms with E-state index in [0.29, 0.717) is 5.75 Å². The number of aromatic amines is 1. The Morgan fingerprint density at radius 1 is 1.15 bits per heavy atom. The van der Waals surface area contributed by atoms with Gasteiger partial charge in [-0.2, -0.15) is 13.2 Å². The number of rotatable bonds is 3. The zero-order chi connectivity index (χ0) is 19.6. The van der Waals surface area contributed by atoms with Crippen molar-refractivity contribution in [2.45, 2.75) is 6.18 Å². The highest BCUT2D eigenvalue weighted by atomic mass is 19.4. The summed E-state index contributed by atoms with van der Waals surface area (Å²) in [5.74, 6) is -0.471. The second kappa shape index (κ2) is 7.02. The molecule has 4 N–H and O–H groups in total. The van der Waals surface area contributed by atoms with Crippen LogP contribution in [0.25, 0.3) is 10.9 Å². The molecule has 2 aromatic carbocycles. The molecule has 6 nitrogen and oxygen atoms in total. The topological polar surface area (TPSA) is 92.5 Å². The van der Waals surface area contributed by atoms with Gasteiger partial charge in [-0.1, -0.05) is 18.2 Å². The fourth-order valence-corrected chi connectivity index (χ4v) is 2.49. The Balaban J connectivity index is 2.06. The highest BCUT2D eigenvalue weighted by molar-refractivity contribution is 6.07. The molecule has 0 aliphatic rings. The number of aromatic nitrogens is 1. The average Bonchev–Trinajstić information content (AvgIpc) is 3.05. The van der Waals surface area contributed by atoms with Crippen LogP contribution in [0.15, 0.2) is 53.5 Å². The van der Waals surface area contributed by atoms with Crippen LogP contribution in [0, 0.1) is 0 Å². The first-order chi connectivity index (χ1) is 12.8. The number of benzene rings is 2. The first-order valence-electron chi connectivity index (χ1n) is 7.78. The van der Waals surface area contributed by atoms with Crippen molar-refractivity contribution >= 4 is 22.8 Å². The van der Waals surface area contributed by atoms with Gasteiger partial charge in [-0.05, 0) is 24.3 Å². The molecule has 1 aromatic heterocycles. The standard InChI is InChI=1S/C18H15F3N4O2/c1-23-17(22)25-16(26)15-9-12-13(18(19,20)21)7-11(8-14(12)24-15)27-10-5-3-2-4-6-10/h2-9,24H,1H3,(H3,22,23,25,26). The maximum Gasteiger partial charge on any atom is 0.417 e. The summed E-state index contributed by atoms with van der Waals surface area (Å²) >= 11 is 0. The second-order valence-electron chi connectivity index (χ2n) is 5.59. The summed E-state index contributed by atoms with van der Waals surface area (Å²) in [5, 5.41) is 2.11. The Kier molecular flexibility index (Phi) is 4.76. The lowest BCUT2D eigenvalue weighted by Gasteiger charge is -2.11. The number of nitrogens with two attached hydrogens (primary N) is 1. The van der Waals surface area contributed by atoms with E-state index in [1.54, 1.807) is 30.3 Å². The minimum absolute atomic E-state index is 0.00975. The molecular formula is C18H15F3N4O2. The van der Waals surface area contributed by atoms with Crippen LogP contribution in [0.3, 0.4) is 0 Å². The van der Waals surface area contributed by atoms with Gasteiger partial charge in [0.15, 0.2) is 5.96 Å². The van der Waals surface area contributed by atoms with Crippen molar-refractivity contribution in [3.8, 4) is 11.5 Å². The van der Waals surface area contributed by atoms with Gasteiger partial charge in [-0.3, -0.25) is 15.1 Å². The van der Waals surface area contributed by atoms with E-state index in [4.69, 9.17) is 10.5 Å². The van der Waals surface area contributed by atoms with Crippen molar-refractivity contribution in [3.05, 3.63) is 59.8 Å². The number of H-pyrrole nitrogens is 1. The van der Waals surface area contributed by atoms with E-state index in [2.05, 4.69) is 15.3 Å². The normalized spacial score (nSPS) is 12.2. The molecule has 0 radical (unpaired) electrons. The van der Waals surface area contributed by atoms with E-state index >= 15 is 0 Å². The third-order valence-electron chi connectivity index (χ3n) is 3.72. The van der Waals surface area contributed by atoms with Gasteiger partial charge in [-0.15, -0.1) is 0 Å². The third kappa shape index (κ3) is 4.02. The zero-order valence-electron chi connectivity index (χ0n) is 14.1. The van der Waals surface area contributed by atoms with E-state index < -0.39 is 17.6 Å². The summed E-state index contributed by atoms with van der Waals surface area (Å²) in [5.41, 5.74) is 4.52. The molecule has 0 saturated carbocycles. The van der Waals surface area contributed by atoms with E-state index in [0.717, 1.165) is 12.1 Å². The van der Waals surface area contributed by atoms with Gasteiger partial charge >= 0.3 is 6.18 Å². The molecule has 3 rings (SSSR count). The van der Waals surface area contributed by atoms with Crippen molar-refractivity contribution in [2.24, 2.45) is 10.7 Å². The molecule has 9 heteroatoms. The zero-order valence-corrected chi connectivity index (χ0v) is 14.1. The number of hydrogen-bond donors (Lipinski definition) is 3. The van der Waals surface area contributed by atoms with Crippen LogP contribution in [0.5, 0.6) is 11.5 Å². The highest BCUT2D eigenvalue weighted by Gasteiger charge is 2.34. The fourth-order valence-electron chi connectivity index (χ4n) is 2.49. The number of aliphatic imine (C=N–C) groups is 1. The quantitative estimate of drug-likeness (QED) is 0.481. The minimum Gasteiger partial charge on any atom is -0.457 e. The van der Waals surface area contributed by atoms with Crippen molar-refractivity contribution in [1.29, 1.82) is 0 Å². The van der Waals surface area contributed by atoms with Crippen LogP contribution < -0.4 is 15.8 Å². The molecule has 0 bridgehead atoms. The highest BCUT2D eigenvalue weighted by Crippen LogP contribution is 2.39. The lowest BCUT2D eigenvalue weighted by atomic mass is 10.1. The Morgan fingerprint density at radius 2 is 1.85 bits per heavy atom. The Bertz CT molecular complexity index is 1010. The van der Waals surface area contributed by atoms with Crippen molar-refractivity contribution < 1.29 is 22.7 Å². The van der Waals surface area contributed by atoms with Gasteiger partial charge < -0.3 is 15.5 Å². The SMILES string of the molecule is CN=C(N)NC(=O)c1cc2c(C(F)(F)F)cc(Oc3ccccc3)cc2[nH]1. The summed E-state index contributed by atoms with van der Waals surface area (Å²) in [6.07, 6.45) is -4.63. The molecule has 1 heterocycles. The predicted molar refractivity (Wildman–Crippen MR) is 94.8 cm³/mol. The van der Waals surface area contributed by atoms with Crippen molar-refractivity contribution in [1.82, 2.24) is 10.3 Å². The number of alkyl halides is 3. The molecule has 1 amide bonds. The minimum atomic E-state index is -4.63. The van der Waals surface area contributed by atoms with Crippen LogP contribution in [-0.2, 0) is 6.18 Å². The van der Waals surface area contributed by atoms with Gasteiger partial charge in [0.2, 0.25) is 0 Å². The Hall–Kier alpha value is -3.49. The molecule has 0 atom stereocenters. The van der Waals surface area contributed by atoms with Crippen molar-refractivity contribution in [2.75, 3.05) is 7.05 Å². The number of para-hydroxylation sites is 1. The molecule has 0 saturated heterocycles. The maximum absolute atomic E-state index is 13.5. The second-order valence-corrected chi connectivity index (χ2v) is 5.59. The lowest BCUT2D eigenvalue weighted by Crippen LogP contribution is -2.36. The summed E-state index contributed by atoms with van der Waals surface area (Å²) in [6, 6.07) is 11.8. The van der Waals surface area contributed by atoms with Crippen LogP contribution in [-0.4, -0.2) is 23.9 Å². The van der Waals surface area contributed by atoms with Gasteiger partial charge in [-0.25, -0.2) is 0 Å². The average molecular weight is 376 g/mol. The molecule has 0 unspecified atom stereocenters. The molecule has 27 heavy (non-hydrogen) atoms. The molecule has 3 aromatic rings.